The summed E-state index contributed by atoms with van der Waals surface area (Å²) in [5.41, 5.74) is 5.12. The number of carbonyl (C=O) groups excluding carboxylic acids is 2. The molecule has 1 fully saturated rings. The number of nitrogens with one attached hydrogen (secondary N) is 1. The van der Waals surface area contributed by atoms with E-state index in [4.69, 9.17) is 15.3 Å². The summed E-state index contributed by atoms with van der Waals surface area (Å²) >= 11 is 0. The molecule has 0 saturated heterocycles. The standard InChI is InChI=1S/C12H17N3O4/c13-10(17)8(5-16)14-11(18)9-6-19-12(15-9)7-3-1-2-4-7/h6-8,16H,1-5H2,(H2,13,17)(H,14,18)/t8-/m0/s1. The van der Waals surface area contributed by atoms with Gasteiger partial charge in [-0.25, -0.2) is 4.98 Å². The van der Waals surface area contributed by atoms with Gasteiger partial charge in [-0.3, -0.25) is 9.59 Å². The van der Waals surface area contributed by atoms with Crippen LogP contribution in [-0.4, -0.2) is 34.6 Å². The van der Waals surface area contributed by atoms with Crippen LogP contribution in [0.15, 0.2) is 10.7 Å². The van der Waals surface area contributed by atoms with Gasteiger partial charge in [0.15, 0.2) is 11.6 Å². The largest absolute Gasteiger partial charge is 0.448 e. The lowest BCUT2D eigenvalue weighted by molar-refractivity contribution is -0.120. The molecule has 19 heavy (non-hydrogen) atoms. The molecule has 0 bridgehead atoms. The Labute approximate surface area is 110 Å². The van der Waals surface area contributed by atoms with Gasteiger partial charge in [0.25, 0.3) is 5.91 Å². The average molecular weight is 267 g/mol. The molecule has 1 aromatic rings. The summed E-state index contributed by atoms with van der Waals surface area (Å²) in [5, 5.41) is 11.2. The van der Waals surface area contributed by atoms with Crippen molar-refractivity contribution in [3.63, 3.8) is 0 Å². The van der Waals surface area contributed by atoms with Gasteiger partial charge in [-0.1, -0.05) is 12.8 Å². The number of hydrogen-bond acceptors (Lipinski definition) is 5. The second-order valence-corrected chi connectivity index (χ2v) is 4.66. The first-order chi connectivity index (χ1) is 9.11. The van der Waals surface area contributed by atoms with E-state index in [1.165, 1.54) is 6.26 Å². The van der Waals surface area contributed by atoms with Gasteiger partial charge in [0.1, 0.15) is 12.3 Å². The van der Waals surface area contributed by atoms with E-state index in [1.54, 1.807) is 0 Å². The second kappa shape index (κ2) is 5.83. The van der Waals surface area contributed by atoms with E-state index in [1.807, 2.05) is 0 Å². The molecule has 7 nitrogen and oxygen atoms in total. The first-order valence-corrected chi connectivity index (χ1v) is 6.28. The van der Waals surface area contributed by atoms with Crippen LogP contribution in [0.2, 0.25) is 0 Å². The molecule has 1 aliphatic rings. The third-order valence-electron chi connectivity index (χ3n) is 3.29. The molecule has 104 valence electrons. The second-order valence-electron chi connectivity index (χ2n) is 4.66. The van der Waals surface area contributed by atoms with Crippen molar-refractivity contribution >= 4 is 11.8 Å². The molecule has 0 aliphatic heterocycles. The van der Waals surface area contributed by atoms with E-state index in [2.05, 4.69) is 10.3 Å². The fraction of sp³-hybridized carbons (Fsp3) is 0.583. The minimum Gasteiger partial charge on any atom is -0.448 e. The molecule has 1 aromatic heterocycles. The number of aromatic nitrogens is 1. The quantitative estimate of drug-likeness (QED) is 0.688. The molecule has 0 spiro atoms. The van der Waals surface area contributed by atoms with Crippen molar-refractivity contribution in [2.45, 2.75) is 37.6 Å². The zero-order chi connectivity index (χ0) is 13.8. The maximum atomic E-state index is 11.8. The van der Waals surface area contributed by atoms with Crippen LogP contribution >= 0.6 is 0 Å². The maximum Gasteiger partial charge on any atom is 0.273 e. The Morgan fingerprint density at radius 2 is 2.21 bits per heavy atom. The highest BCUT2D eigenvalue weighted by atomic mass is 16.3. The highest BCUT2D eigenvalue weighted by Gasteiger charge is 2.25. The molecular formula is C12H17N3O4. The number of carbonyl (C=O) groups is 2. The molecule has 1 aliphatic carbocycles. The number of hydrogen-bond donors (Lipinski definition) is 3. The molecule has 2 amide bonds. The highest BCUT2D eigenvalue weighted by Crippen LogP contribution is 2.33. The van der Waals surface area contributed by atoms with Crippen LogP contribution in [0.1, 0.15) is 48.0 Å². The van der Waals surface area contributed by atoms with E-state index in [0.717, 1.165) is 25.7 Å². The number of rotatable bonds is 5. The van der Waals surface area contributed by atoms with Crippen LogP contribution in [-0.2, 0) is 4.79 Å². The van der Waals surface area contributed by atoms with E-state index in [-0.39, 0.29) is 11.6 Å². The Bertz CT molecular complexity index is 465. The zero-order valence-corrected chi connectivity index (χ0v) is 10.5. The molecule has 7 heteroatoms. The Kier molecular flexibility index (Phi) is 4.16. The van der Waals surface area contributed by atoms with Gasteiger partial charge < -0.3 is 20.6 Å². The zero-order valence-electron chi connectivity index (χ0n) is 10.5. The Balaban J connectivity index is 2.01. The molecule has 1 atom stereocenters. The van der Waals surface area contributed by atoms with Gasteiger partial charge in [-0.15, -0.1) is 0 Å². The summed E-state index contributed by atoms with van der Waals surface area (Å²) in [5.74, 6) is -0.546. The van der Waals surface area contributed by atoms with Crippen molar-refractivity contribution < 1.29 is 19.1 Å². The highest BCUT2D eigenvalue weighted by molar-refractivity contribution is 5.95. The minimum atomic E-state index is -1.11. The van der Waals surface area contributed by atoms with Crippen LogP contribution < -0.4 is 11.1 Å². The third-order valence-corrected chi connectivity index (χ3v) is 3.29. The van der Waals surface area contributed by atoms with Crippen LogP contribution in [0, 0.1) is 0 Å². The lowest BCUT2D eigenvalue weighted by Crippen LogP contribution is -2.46. The van der Waals surface area contributed by atoms with E-state index in [0.29, 0.717) is 5.89 Å². The van der Waals surface area contributed by atoms with Crippen LogP contribution in [0.5, 0.6) is 0 Å². The maximum absolute atomic E-state index is 11.8. The van der Waals surface area contributed by atoms with Crippen LogP contribution in [0.4, 0.5) is 0 Å². The molecule has 4 N–H and O–H groups in total. The van der Waals surface area contributed by atoms with Gasteiger partial charge in [0.05, 0.1) is 6.61 Å². The number of oxazole rings is 1. The van der Waals surface area contributed by atoms with E-state index < -0.39 is 24.5 Å². The Morgan fingerprint density at radius 1 is 1.53 bits per heavy atom. The van der Waals surface area contributed by atoms with Gasteiger partial charge in [0, 0.05) is 5.92 Å². The average Bonchev–Trinajstić information content (AvgIpc) is 3.04. The predicted octanol–water partition coefficient (Wildman–Crippen LogP) is -0.0918. The normalized spacial score (nSPS) is 17.3. The van der Waals surface area contributed by atoms with Gasteiger partial charge in [-0.05, 0) is 12.8 Å². The summed E-state index contributed by atoms with van der Waals surface area (Å²) in [6.07, 6.45) is 5.58. The number of nitrogens with zero attached hydrogens (tertiary/aromatic N) is 1. The third kappa shape index (κ3) is 3.11. The molecule has 1 saturated carbocycles. The van der Waals surface area contributed by atoms with E-state index >= 15 is 0 Å². The molecule has 2 rings (SSSR count). The fourth-order valence-corrected chi connectivity index (χ4v) is 2.19. The Hall–Kier alpha value is -1.89. The number of aliphatic hydroxyl groups excluding tert-OH is 1. The summed E-state index contributed by atoms with van der Waals surface area (Å²) in [4.78, 5) is 26.8. The molecular weight excluding hydrogens is 250 g/mol. The van der Waals surface area contributed by atoms with Crippen molar-refractivity contribution in [3.8, 4) is 0 Å². The summed E-state index contributed by atoms with van der Waals surface area (Å²) in [7, 11) is 0. The lowest BCUT2D eigenvalue weighted by Gasteiger charge is -2.10. The van der Waals surface area contributed by atoms with Crippen LogP contribution in [0.25, 0.3) is 0 Å². The van der Waals surface area contributed by atoms with Gasteiger partial charge >= 0.3 is 0 Å². The topological polar surface area (TPSA) is 118 Å². The molecule has 0 unspecified atom stereocenters. The van der Waals surface area contributed by atoms with Crippen molar-refractivity contribution in [3.05, 3.63) is 17.8 Å². The molecule has 0 radical (unpaired) electrons. The SMILES string of the molecule is NC(=O)[C@H](CO)NC(=O)c1coc(C2CCCC2)n1. The van der Waals surface area contributed by atoms with Crippen molar-refractivity contribution in [2.24, 2.45) is 5.73 Å². The van der Waals surface area contributed by atoms with E-state index in [9.17, 15) is 9.59 Å². The van der Waals surface area contributed by atoms with Crippen molar-refractivity contribution in [2.75, 3.05) is 6.61 Å². The van der Waals surface area contributed by atoms with Gasteiger partial charge in [-0.2, -0.15) is 0 Å². The predicted molar refractivity (Wildman–Crippen MR) is 65.2 cm³/mol. The first kappa shape index (κ1) is 13.5. The fourth-order valence-electron chi connectivity index (χ4n) is 2.19. The lowest BCUT2D eigenvalue weighted by atomic mass is 10.1. The smallest absolute Gasteiger partial charge is 0.273 e. The Morgan fingerprint density at radius 3 is 2.79 bits per heavy atom. The number of nitrogens with two attached hydrogens (primary N) is 1. The first-order valence-electron chi connectivity index (χ1n) is 6.28. The monoisotopic (exact) mass is 267 g/mol. The number of amides is 2. The summed E-state index contributed by atoms with van der Waals surface area (Å²) < 4.78 is 5.29. The van der Waals surface area contributed by atoms with Crippen molar-refractivity contribution in [1.82, 2.24) is 10.3 Å². The number of primary amides is 1. The minimum absolute atomic E-state index is 0.0987. The summed E-state index contributed by atoms with van der Waals surface area (Å²) in [6.45, 7) is -0.547. The van der Waals surface area contributed by atoms with Crippen molar-refractivity contribution in [1.29, 1.82) is 0 Å². The van der Waals surface area contributed by atoms with Crippen LogP contribution in [0.3, 0.4) is 0 Å². The molecule has 1 heterocycles. The molecule has 0 aromatic carbocycles. The number of aliphatic hydroxyl groups is 1. The van der Waals surface area contributed by atoms with Gasteiger partial charge in [0.2, 0.25) is 5.91 Å². The summed E-state index contributed by atoms with van der Waals surface area (Å²) in [6, 6.07) is -1.11.